The predicted molar refractivity (Wildman–Crippen MR) is 88.5 cm³/mol. The summed E-state index contributed by atoms with van der Waals surface area (Å²) in [6, 6.07) is 8.46. The van der Waals surface area contributed by atoms with Gasteiger partial charge in [-0.05, 0) is 46.3 Å². The Morgan fingerprint density at radius 1 is 1.24 bits per heavy atom. The first-order valence-corrected chi connectivity index (χ1v) is 8.56. The SMILES string of the molecule is CN(C)c1ccc(NS(=O)(=O)c2cnc(Cl)c(Br)c2)cc1. The molecule has 1 heterocycles. The van der Waals surface area contributed by atoms with Crippen molar-refractivity contribution in [1.29, 1.82) is 0 Å². The van der Waals surface area contributed by atoms with Crippen LogP contribution in [0.15, 0.2) is 45.9 Å². The zero-order valence-corrected chi connectivity index (χ0v) is 14.5. The molecule has 0 fully saturated rings. The van der Waals surface area contributed by atoms with Crippen LogP contribution in [0.25, 0.3) is 0 Å². The molecule has 0 saturated carbocycles. The first kappa shape index (κ1) is 16.1. The molecular formula is C13H13BrClN3O2S. The first-order chi connectivity index (χ1) is 9.79. The molecule has 0 bridgehead atoms. The molecule has 5 nitrogen and oxygen atoms in total. The molecule has 0 aliphatic carbocycles. The third-order valence-corrected chi connectivity index (χ3v) is 5.20. The van der Waals surface area contributed by atoms with Gasteiger partial charge >= 0.3 is 0 Å². The third kappa shape index (κ3) is 3.87. The van der Waals surface area contributed by atoms with Crippen molar-refractivity contribution in [1.82, 2.24) is 4.98 Å². The van der Waals surface area contributed by atoms with E-state index in [0.29, 0.717) is 10.2 Å². The molecule has 112 valence electrons. The summed E-state index contributed by atoms with van der Waals surface area (Å²) in [5, 5.41) is 0.212. The van der Waals surface area contributed by atoms with Crippen molar-refractivity contribution < 1.29 is 8.42 Å². The molecule has 0 saturated heterocycles. The van der Waals surface area contributed by atoms with Crippen LogP contribution in [-0.2, 0) is 10.0 Å². The van der Waals surface area contributed by atoms with Crippen molar-refractivity contribution in [3.05, 3.63) is 46.2 Å². The Labute approximate surface area is 137 Å². The fourth-order valence-corrected chi connectivity index (χ4v) is 3.22. The topological polar surface area (TPSA) is 62.3 Å². The van der Waals surface area contributed by atoms with Gasteiger partial charge in [-0.25, -0.2) is 13.4 Å². The number of pyridine rings is 1. The fraction of sp³-hybridized carbons (Fsp3) is 0.154. The average molecular weight is 391 g/mol. The van der Waals surface area contributed by atoms with Crippen LogP contribution >= 0.6 is 27.5 Å². The number of sulfonamides is 1. The van der Waals surface area contributed by atoms with Crippen molar-refractivity contribution in [3.8, 4) is 0 Å². The lowest BCUT2D eigenvalue weighted by Gasteiger charge is -2.13. The third-order valence-electron chi connectivity index (χ3n) is 2.72. The molecule has 1 aromatic heterocycles. The minimum absolute atomic E-state index is 0.0375. The minimum atomic E-state index is -3.70. The Kier molecular flexibility index (Phi) is 4.75. The van der Waals surface area contributed by atoms with Crippen LogP contribution in [0.4, 0.5) is 11.4 Å². The highest BCUT2D eigenvalue weighted by Gasteiger charge is 2.16. The number of hydrogen-bond donors (Lipinski definition) is 1. The van der Waals surface area contributed by atoms with Crippen molar-refractivity contribution in [2.75, 3.05) is 23.7 Å². The summed E-state index contributed by atoms with van der Waals surface area (Å²) in [5.74, 6) is 0. The molecule has 0 aliphatic rings. The van der Waals surface area contributed by atoms with Crippen LogP contribution in [0.3, 0.4) is 0 Å². The first-order valence-electron chi connectivity index (χ1n) is 5.91. The summed E-state index contributed by atoms with van der Waals surface area (Å²) in [6.45, 7) is 0. The summed E-state index contributed by atoms with van der Waals surface area (Å²) in [6.07, 6.45) is 1.21. The lowest BCUT2D eigenvalue weighted by Crippen LogP contribution is -2.14. The van der Waals surface area contributed by atoms with Crippen LogP contribution in [0.1, 0.15) is 0 Å². The van der Waals surface area contributed by atoms with Gasteiger partial charge in [-0.2, -0.15) is 0 Å². The van der Waals surface area contributed by atoms with Gasteiger partial charge in [-0.15, -0.1) is 0 Å². The zero-order chi connectivity index (χ0) is 15.6. The molecule has 2 rings (SSSR count). The summed E-state index contributed by atoms with van der Waals surface area (Å²) in [7, 11) is 0.125. The van der Waals surface area contributed by atoms with Crippen LogP contribution in [0, 0.1) is 0 Å². The highest BCUT2D eigenvalue weighted by atomic mass is 79.9. The molecule has 0 aliphatic heterocycles. The van der Waals surface area contributed by atoms with Crippen LogP contribution in [-0.4, -0.2) is 27.5 Å². The Morgan fingerprint density at radius 3 is 2.38 bits per heavy atom. The Hall–Kier alpha value is -1.31. The summed E-state index contributed by atoms with van der Waals surface area (Å²) in [5.41, 5.74) is 1.46. The Bertz CT molecular complexity index is 749. The number of nitrogens with zero attached hydrogens (tertiary/aromatic N) is 2. The molecule has 2 aromatic rings. The van der Waals surface area contributed by atoms with Gasteiger partial charge in [-0.3, -0.25) is 4.72 Å². The van der Waals surface area contributed by atoms with Gasteiger partial charge in [0.05, 0.1) is 4.47 Å². The van der Waals surface area contributed by atoms with E-state index in [0.717, 1.165) is 5.69 Å². The van der Waals surface area contributed by atoms with Gasteiger partial charge in [-0.1, -0.05) is 11.6 Å². The molecular weight excluding hydrogens is 378 g/mol. The van der Waals surface area contributed by atoms with Crippen molar-refractivity contribution in [3.63, 3.8) is 0 Å². The summed E-state index contributed by atoms with van der Waals surface area (Å²) >= 11 is 8.92. The second-order valence-electron chi connectivity index (χ2n) is 4.49. The number of anilines is 2. The van der Waals surface area contributed by atoms with E-state index in [1.54, 1.807) is 12.1 Å². The fourth-order valence-electron chi connectivity index (χ4n) is 1.59. The molecule has 1 aromatic carbocycles. The summed E-state index contributed by atoms with van der Waals surface area (Å²) in [4.78, 5) is 5.78. The Morgan fingerprint density at radius 2 is 1.86 bits per heavy atom. The maximum Gasteiger partial charge on any atom is 0.263 e. The van der Waals surface area contributed by atoms with Crippen molar-refractivity contribution in [2.45, 2.75) is 4.90 Å². The van der Waals surface area contributed by atoms with Gasteiger partial charge in [0.25, 0.3) is 10.0 Å². The number of benzene rings is 1. The van der Waals surface area contributed by atoms with E-state index >= 15 is 0 Å². The molecule has 0 unspecified atom stereocenters. The zero-order valence-electron chi connectivity index (χ0n) is 11.3. The molecule has 1 N–H and O–H groups in total. The molecule has 0 radical (unpaired) electrons. The van der Waals surface area contributed by atoms with E-state index < -0.39 is 10.0 Å². The van der Waals surface area contributed by atoms with Gasteiger partial charge in [0, 0.05) is 31.7 Å². The second kappa shape index (κ2) is 6.21. The van der Waals surface area contributed by atoms with Gasteiger partial charge < -0.3 is 4.90 Å². The van der Waals surface area contributed by atoms with Crippen LogP contribution in [0.5, 0.6) is 0 Å². The standard InChI is InChI=1S/C13H13BrClN3O2S/c1-18(2)10-5-3-9(4-6-10)17-21(19,20)11-7-12(14)13(15)16-8-11/h3-8,17H,1-2H3. The van der Waals surface area contributed by atoms with Gasteiger partial charge in [0.2, 0.25) is 0 Å². The minimum Gasteiger partial charge on any atom is -0.378 e. The van der Waals surface area contributed by atoms with Gasteiger partial charge in [0.1, 0.15) is 10.0 Å². The normalized spacial score (nSPS) is 11.2. The van der Waals surface area contributed by atoms with Crippen molar-refractivity contribution >= 4 is 48.9 Å². The Balaban J connectivity index is 2.26. The average Bonchev–Trinajstić information content (AvgIpc) is 2.42. The van der Waals surface area contributed by atoms with E-state index in [4.69, 9.17) is 11.6 Å². The van der Waals surface area contributed by atoms with Crippen LogP contribution in [0.2, 0.25) is 5.15 Å². The number of nitrogens with one attached hydrogen (secondary N) is 1. The smallest absolute Gasteiger partial charge is 0.263 e. The molecule has 8 heteroatoms. The maximum atomic E-state index is 12.3. The van der Waals surface area contributed by atoms with Crippen LogP contribution < -0.4 is 9.62 Å². The molecule has 0 spiro atoms. The van der Waals surface area contributed by atoms with Crippen molar-refractivity contribution in [2.24, 2.45) is 0 Å². The largest absolute Gasteiger partial charge is 0.378 e. The lowest BCUT2D eigenvalue weighted by molar-refractivity contribution is 0.600. The number of hydrogen-bond acceptors (Lipinski definition) is 4. The molecule has 0 atom stereocenters. The van der Waals surface area contributed by atoms with E-state index in [1.165, 1.54) is 12.3 Å². The molecule has 21 heavy (non-hydrogen) atoms. The monoisotopic (exact) mass is 389 g/mol. The van der Waals surface area contributed by atoms with E-state index in [9.17, 15) is 8.42 Å². The predicted octanol–water partition coefficient (Wildman–Crippen LogP) is 3.36. The number of halogens is 2. The lowest BCUT2D eigenvalue weighted by atomic mass is 10.3. The number of aromatic nitrogens is 1. The summed E-state index contributed by atoms with van der Waals surface area (Å²) < 4.78 is 27.4. The highest BCUT2D eigenvalue weighted by Crippen LogP contribution is 2.24. The quantitative estimate of drug-likeness (QED) is 0.813. The molecule has 0 amide bonds. The second-order valence-corrected chi connectivity index (χ2v) is 7.39. The number of rotatable bonds is 4. The van der Waals surface area contributed by atoms with E-state index in [1.807, 2.05) is 31.1 Å². The van der Waals surface area contributed by atoms with Gasteiger partial charge in [0.15, 0.2) is 0 Å². The van der Waals surface area contributed by atoms with E-state index in [-0.39, 0.29) is 10.0 Å². The highest BCUT2D eigenvalue weighted by molar-refractivity contribution is 9.10. The maximum absolute atomic E-state index is 12.3. The van der Waals surface area contributed by atoms with E-state index in [2.05, 4.69) is 25.6 Å².